The highest BCUT2D eigenvalue weighted by Gasteiger charge is 2.23. The lowest BCUT2D eigenvalue weighted by molar-refractivity contribution is 0.0696. The SMILES string of the molecule is Cc1nc2c(cnn2CCC2CC2)c(Cl)c1C(=O)O. The summed E-state index contributed by atoms with van der Waals surface area (Å²) in [4.78, 5) is 15.5. The molecule has 1 N–H and O–H groups in total. The van der Waals surface area contributed by atoms with Gasteiger partial charge in [-0.05, 0) is 19.3 Å². The van der Waals surface area contributed by atoms with E-state index in [9.17, 15) is 4.79 Å². The Balaban J connectivity index is 2.05. The second-order valence-electron chi connectivity index (χ2n) is 5.03. The molecule has 6 heteroatoms. The van der Waals surface area contributed by atoms with Gasteiger partial charge in [0.1, 0.15) is 5.56 Å². The summed E-state index contributed by atoms with van der Waals surface area (Å²) in [6.07, 6.45) is 5.30. The molecule has 2 aromatic heterocycles. The standard InChI is InChI=1S/C13H14ClN3O2/c1-7-10(13(18)19)11(14)9-6-15-17(12(9)16-7)5-4-8-2-3-8/h6,8H,2-5H2,1H3,(H,18,19). The molecule has 0 aliphatic heterocycles. The first kappa shape index (κ1) is 12.4. The van der Waals surface area contributed by atoms with Crippen LogP contribution in [0.4, 0.5) is 0 Å². The van der Waals surface area contributed by atoms with Gasteiger partial charge in [-0.2, -0.15) is 5.10 Å². The summed E-state index contributed by atoms with van der Waals surface area (Å²) in [6.45, 7) is 2.47. The Bertz CT molecular complexity index is 661. The molecule has 0 atom stereocenters. The van der Waals surface area contributed by atoms with Crippen LogP contribution in [0.1, 0.15) is 35.3 Å². The van der Waals surface area contributed by atoms with Crippen LogP contribution in [0.25, 0.3) is 11.0 Å². The third kappa shape index (κ3) is 2.18. The summed E-state index contributed by atoms with van der Waals surface area (Å²) in [7, 11) is 0. The molecule has 2 heterocycles. The van der Waals surface area contributed by atoms with Crippen LogP contribution in [-0.4, -0.2) is 25.8 Å². The summed E-state index contributed by atoms with van der Waals surface area (Å²) in [5.41, 5.74) is 1.17. The van der Waals surface area contributed by atoms with Gasteiger partial charge in [0, 0.05) is 6.54 Å². The smallest absolute Gasteiger partial charge is 0.339 e. The average molecular weight is 280 g/mol. The van der Waals surface area contributed by atoms with E-state index in [-0.39, 0.29) is 10.6 Å². The van der Waals surface area contributed by atoms with Gasteiger partial charge in [-0.25, -0.2) is 14.5 Å². The summed E-state index contributed by atoms with van der Waals surface area (Å²) in [5.74, 6) is -0.239. The van der Waals surface area contributed by atoms with Crippen LogP contribution in [0, 0.1) is 12.8 Å². The van der Waals surface area contributed by atoms with Crippen LogP contribution in [0.3, 0.4) is 0 Å². The topological polar surface area (TPSA) is 68.0 Å². The van der Waals surface area contributed by atoms with Gasteiger partial charge in [0.25, 0.3) is 0 Å². The van der Waals surface area contributed by atoms with Crippen molar-refractivity contribution in [2.75, 3.05) is 0 Å². The van der Waals surface area contributed by atoms with Gasteiger partial charge >= 0.3 is 5.97 Å². The summed E-state index contributed by atoms with van der Waals surface area (Å²) >= 11 is 6.16. The summed E-state index contributed by atoms with van der Waals surface area (Å²) < 4.78 is 1.82. The lowest BCUT2D eigenvalue weighted by Gasteiger charge is -2.06. The van der Waals surface area contributed by atoms with Gasteiger partial charge in [0.2, 0.25) is 0 Å². The third-order valence-corrected chi connectivity index (χ3v) is 3.96. The molecule has 2 aromatic rings. The Morgan fingerprint density at radius 1 is 1.58 bits per heavy atom. The first-order valence-corrected chi connectivity index (χ1v) is 6.70. The Labute approximate surface area is 115 Å². The fraction of sp³-hybridized carbons (Fsp3) is 0.462. The molecule has 100 valence electrons. The molecule has 0 unspecified atom stereocenters. The number of aromatic carboxylic acids is 1. The number of halogens is 1. The number of rotatable bonds is 4. The zero-order chi connectivity index (χ0) is 13.6. The van der Waals surface area contributed by atoms with Crippen molar-refractivity contribution in [3.05, 3.63) is 22.5 Å². The van der Waals surface area contributed by atoms with Crippen LogP contribution < -0.4 is 0 Å². The lowest BCUT2D eigenvalue weighted by Crippen LogP contribution is -2.06. The van der Waals surface area contributed by atoms with E-state index in [0.29, 0.717) is 16.7 Å². The fourth-order valence-corrected chi connectivity index (χ4v) is 2.63. The van der Waals surface area contributed by atoms with Gasteiger partial charge in [-0.1, -0.05) is 24.4 Å². The second kappa shape index (κ2) is 4.49. The van der Waals surface area contributed by atoms with Crippen molar-refractivity contribution in [1.29, 1.82) is 0 Å². The van der Waals surface area contributed by atoms with E-state index in [0.717, 1.165) is 18.9 Å². The van der Waals surface area contributed by atoms with E-state index in [1.807, 2.05) is 4.68 Å². The van der Waals surface area contributed by atoms with E-state index < -0.39 is 5.97 Å². The minimum absolute atomic E-state index is 0.0657. The summed E-state index contributed by atoms with van der Waals surface area (Å²) in [6, 6.07) is 0. The predicted molar refractivity (Wildman–Crippen MR) is 71.6 cm³/mol. The molecule has 19 heavy (non-hydrogen) atoms. The van der Waals surface area contributed by atoms with Crippen molar-refractivity contribution in [2.24, 2.45) is 5.92 Å². The van der Waals surface area contributed by atoms with Crippen molar-refractivity contribution in [3.8, 4) is 0 Å². The highest BCUT2D eigenvalue weighted by Crippen LogP contribution is 2.33. The molecule has 0 spiro atoms. The van der Waals surface area contributed by atoms with E-state index >= 15 is 0 Å². The van der Waals surface area contributed by atoms with Crippen LogP contribution in [0.2, 0.25) is 5.02 Å². The first-order valence-electron chi connectivity index (χ1n) is 6.33. The van der Waals surface area contributed by atoms with E-state index in [1.54, 1.807) is 13.1 Å². The fourth-order valence-electron chi connectivity index (χ4n) is 2.28. The molecule has 0 bridgehead atoms. The maximum absolute atomic E-state index is 11.2. The number of aromatic nitrogens is 3. The number of carbonyl (C=O) groups is 1. The van der Waals surface area contributed by atoms with Crippen molar-refractivity contribution >= 4 is 28.6 Å². The average Bonchev–Trinajstić information content (AvgIpc) is 3.07. The monoisotopic (exact) mass is 279 g/mol. The maximum atomic E-state index is 11.2. The Kier molecular flexibility index (Phi) is 2.93. The van der Waals surface area contributed by atoms with Gasteiger partial charge in [-0.3, -0.25) is 0 Å². The number of nitrogens with zero attached hydrogens (tertiary/aromatic N) is 3. The molecular formula is C13H14ClN3O2. The number of carboxylic acid groups (broad SMARTS) is 1. The van der Waals surface area contributed by atoms with Crippen molar-refractivity contribution in [3.63, 3.8) is 0 Å². The number of aryl methyl sites for hydroxylation is 2. The molecule has 3 rings (SSSR count). The van der Waals surface area contributed by atoms with Crippen LogP contribution >= 0.6 is 11.6 Å². The van der Waals surface area contributed by atoms with Crippen LogP contribution in [0.15, 0.2) is 6.20 Å². The number of hydrogen-bond acceptors (Lipinski definition) is 3. The number of carboxylic acids is 1. The highest BCUT2D eigenvalue weighted by atomic mass is 35.5. The predicted octanol–water partition coefficient (Wildman–Crippen LogP) is 2.89. The first-order chi connectivity index (χ1) is 9.08. The molecule has 1 saturated carbocycles. The molecule has 1 aliphatic carbocycles. The number of fused-ring (bicyclic) bond motifs is 1. The minimum atomic E-state index is -1.05. The molecule has 0 radical (unpaired) electrons. The van der Waals surface area contributed by atoms with Gasteiger partial charge in [0.05, 0.1) is 22.3 Å². The van der Waals surface area contributed by atoms with Gasteiger partial charge in [-0.15, -0.1) is 0 Å². The van der Waals surface area contributed by atoms with Gasteiger partial charge < -0.3 is 5.11 Å². The second-order valence-corrected chi connectivity index (χ2v) is 5.41. The van der Waals surface area contributed by atoms with Crippen LogP contribution in [0.5, 0.6) is 0 Å². The molecule has 5 nitrogen and oxygen atoms in total. The molecule has 0 amide bonds. The minimum Gasteiger partial charge on any atom is -0.478 e. The molecular weight excluding hydrogens is 266 g/mol. The van der Waals surface area contributed by atoms with Crippen molar-refractivity contribution in [2.45, 2.75) is 32.7 Å². The highest BCUT2D eigenvalue weighted by molar-refractivity contribution is 6.38. The largest absolute Gasteiger partial charge is 0.478 e. The van der Waals surface area contributed by atoms with Crippen molar-refractivity contribution < 1.29 is 9.90 Å². The Morgan fingerprint density at radius 3 is 2.95 bits per heavy atom. The molecule has 0 aromatic carbocycles. The maximum Gasteiger partial charge on any atom is 0.339 e. The van der Waals surface area contributed by atoms with E-state index in [1.165, 1.54) is 12.8 Å². The Hall–Kier alpha value is -1.62. The zero-order valence-corrected chi connectivity index (χ0v) is 11.3. The number of hydrogen-bond donors (Lipinski definition) is 1. The lowest BCUT2D eigenvalue weighted by atomic mass is 10.1. The Morgan fingerprint density at radius 2 is 2.32 bits per heavy atom. The van der Waals surface area contributed by atoms with Gasteiger partial charge in [0.15, 0.2) is 5.65 Å². The molecule has 1 aliphatic rings. The quantitative estimate of drug-likeness (QED) is 0.934. The molecule has 0 saturated heterocycles. The van der Waals surface area contributed by atoms with Crippen molar-refractivity contribution in [1.82, 2.24) is 14.8 Å². The van der Waals surface area contributed by atoms with E-state index in [4.69, 9.17) is 16.7 Å². The molecule has 1 fully saturated rings. The normalized spacial score (nSPS) is 15.1. The summed E-state index contributed by atoms with van der Waals surface area (Å²) in [5, 5.41) is 14.3. The van der Waals surface area contributed by atoms with E-state index in [2.05, 4.69) is 10.1 Å². The van der Waals surface area contributed by atoms with Crippen LogP contribution in [-0.2, 0) is 6.54 Å². The number of pyridine rings is 1. The zero-order valence-electron chi connectivity index (χ0n) is 10.6. The third-order valence-electron chi connectivity index (χ3n) is 3.56.